The molecule has 1 aromatic carbocycles. The first-order valence-corrected chi connectivity index (χ1v) is 6.49. The summed E-state index contributed by atoms with van der Waals surface area (Å²) in [5.41, 5.74) is 2.82. The summed E-state index contributed by atoms with van der Waals surface area (Å²) in [4.78, 5) is 13.0. The molecule has 1 aliphatic rings. The topological polar surface area (TPSA) is 46.8 Å². The average Bonchev–Trinajstić information content (AvgIpc) is 2.76. The van der Waals surface area contributed by atoms with Gasteiger partial charge in [0.1, 0.15) is 5.69 Å². The Morgan fingerprint density at radius 1 is 1.32 bits per heavy atom. The van der Waals surface area contributed by atoms with Gasteiger partial charge in [0.15, 0.2) is 0 Å². The van der Waals surface area contributed by atoms with E-state index in [1.165, 1.54) is 10.9 Å². The number of aromatic nitrogens is 1. The lowest BCUT2D eigenvalue weighted by molar-refractivity contribution is 0.0343. The summed E-state index contributed by atoms with van der Waals surface area (Å²) in [7, 11) is 2.00. The fraction of sp³-hybridized carbons (Fsp3) is 0.429. The van der Waals surface area contributed by atoms with Gasteiger partial charge in [-0.05, 0) is 22.9 Å². The number of nitroso groups, excluding NO2 is 1. The van der Waals surface area contributed by atoms with Crippen molar-refractivity contribution < 1.29 is 4.74 Å². The van der Waals surface area contributed by atoms with Gasteiger partial charge in [0, 0.05) is 38.3 Å². The predicted molar refractivity (Wildman–Crippen MR) is 74.5 cm³/mol. The lowest BCUT2D eigenvalue weighted by atomic mass is 10.1. The zero-order valence-corrected chi connectivity index (χ0v) is 11.0. The Balaban J connectivity index is 1.92. The third-order valence-corrected chi connectivity index (χ3v) is 3.66. The molecule has 1 aromatic heterocycles. The maximum absolute atomic E-state index is 10.6. The summed E-state index contributed by atoms with van der Waals surface area (Å²) < 4.78 is 7.42. The van der Waals surface area contributed by atoms with Crippen LogP contribution in [-0.2, 0) is 18.3 Å². The van der Waals surface area contributed by atoms with Gasteiger partial charge in [-0.1, -0.05) is 6.07 Å². The molecule has 1 saturated heterocycles. The molecule has 0 N–H and O–H groups in total. The van der Waals surface area contributed by atoms with E-state index in [9.17, 15) is 4.91 Å². The van der Waals surface area contributed by atoms with Gasteiger partial charge in [-0.3, -0.25) is 4.90 Å². The molecule has 0 atom stereocenters. The number of benzene rings is 1. The molecule has 0 unspecified atom stereocenters. The molecule has 100 valence electrons. The van der Waals surface area contributed by atoms with E-state index in [1.807, 2.05) is 19.2 Å². The van der Waals surface area contributed by atoms with Crippen LogP contribution >= 0.6 is 0 Å². The highest BCUT2D eigenvalue weighted by atomic mass is 16.5. The van der Waals surface area contributed by atoms with Gasteiger partial charge in [0.2, 0.25) is 0 Å². The minimum Gasteiger partial charge on any atom is -0.379 e. The molecule has 0 aliphatic carbocycles. The van der Waals surface area contributed by atoms with E-state index in [1.54, 1.807) is 6.07 Å². The summed E-state index contributed by atoms with van der Waals surface area (Å²) >= 11 is 0. The molecule has 0 radical (unpaired) electrons. The van der Waals surface area contributed by atoms with Gasteiger partial charge in [-0.15, -0.1) is 4.91 Å². The Morgan fingerprint density at radius 2 is 2.11 bits per heavy atom. The summed E-state index contributed by atoms with van der Waals surface area (Å²) in [5, 5.41) is 4.19. The summed E-state index contributed by atoms with van der Waals surface area (Å²) in [6, 6.07) is 5.60. The van der Waals surface area contributed by atoms with Gasteiger partial charge < -0.3 is 9.30 Å². The van der Waals surface area contributed by atoms with Crippen LogP contribution in [0, 0.1) is 4.91 Å². The maximum atomic E-state index is 10.6. The Labute approximate surface area is 111 Å². The molecule has 1 fully saturated rings. The van der Waals surface area contributed by atoms with Crippen molar-refractivity contribution in [3.8, 4) is 0 Å². The fourth-order valence-corrected chi connectivity index (χ4v) is 2.64. The molecular weight excluding hydrogens is 242 g/mol. The molecule has 2 aromatic rings. The van der Waals surface area contributed by atoms with E-state index in [0.29, 0.717) is 5.69 Å². The first kappa shape index (κ1) is 12.3. The maximum Gasteiger partial charge on any atom is 0.110 e. The highest BCUT2D eigenvalue weighted by molar-refractivity contribution is 5.86. The second-order valence-corrected chi connectivity index (χ2v) is 4.95. The van der Waals surface area contributed by atoms with Crippen molar-refractivity contribution in [2.24, 2.45) is 12.2 Å². The molecule has 3 rings (SSSR count). The zero-order valence-electron chi connectivity index (χ0n) is 11.0. The fourth-order valence-electron chi connectivity index (χ4n) is 2.64. The SMILES string of the molecule is Cn1cc(CN2CCOCC2)c2ccc(N=O)cc21. The first-order valence-electron chi connectivity index (χ1n) is 6.49. The predicted octanol–water partition coefficient (Wildman–Crippen LogP) is 2.41. The van der Waals surface area contributed by atoms with Crippen molar-refractivity contribution in [3.05, 3.63) is 34.9 Å². The Kier molecular flexibility index (Phi) is 3.31. The third kappa shape index (κ3) is 2.39. The molecule has 0 bridgehead atoms. The molecule has 2 heterocycles. The monoisotopic (exact) mass is 259 g/mol. The van der Waals surface area contributed by atoms with Crippen LogP contribution in [0.15, 0.2) is 29.6 Å². The van der Waals surface area contributed by atoms with Crippen LogP contribution in [0.1, 0.15) is 5.56 Å². The number of nitrogens with zero attached hydrogens (tertiary/aromatic N) is 3. The molecule has 0 spiro atoms. The Hall–Kier alpha value is -1.72. The Bertz CT molecular complexity index is 600. The molecular formula is C14H17N3O2. The molecule has 1 aliphatic heterocycles. The number of fused-ring (bicyclic) bond motifs is 1. The number of ether oxygens (including phenoxy) is 1. The van der Waals surface area contributed by atoms with Crippen LogP contribution in [0.4, 0.5) is 5.69 Å². The highest BCUT2D eigenvalue weighted by Crippen LogP contribution is 2.26. The summed E-state index contributed by atoms with van der Waals surface area (Å²) in [6.07, 6.45) is 2.13. The molecule has 5 heteroatoms. The average molecular weight is 259 g/mol. The quantitative estimate of drug-likeness (QED) is 0.795. The van der Waals surface area contributed by atoms with Crippen molar-refractivity contribution in [2.45, 2.75) is 6.54 Å². The smallest absolute Gasteiger partial charge is 0.110 e. The first-order chi connectivity index (χ1) is 9.28. The Morgan fingerprint density at radius 3 is 2.84 bits per heavy atom. The van der Waals surface area contributed by atoms with Crippen LogP contribution < -0.4 is 0 Å². The van der Waals surface area contributed by atoms with Crippen LogP contribution in [0.2, 0.25) is 0 Å². The highest BCUT2D eigenvalue weighted by Gasteiger charge is 2.14. The van der Waals surface area contributed by atoms with Gasteiger partial charge in [-0.25, -0.2) is 0 Å². The molecule has 19 heavy (non-hydrogen) atoms. The normalized spacial score (nSPS) is 16.9. The largest absolute Gasteiger partial charge is 0.379 e. The van der Waals surface area contributed by atoms with E-state index in [4.69, 9.17) is 4.74 Å². The minimum atomic E-state index is 0.478. The van der Waals surface area contributed by atoms with Crippen molar-refractivity contribution in [2.75, 3.05) is 26.3 Å². The minimum absolute atomic E-state index is 0.478. The van der Waals surface area contributed by atoms with Crippen molar-refractivity contribution in [1.29, 1.82) is 0 Å². The van der Waals surface area contributed by atoms with E-state index < -0.39 is 0 Å². The number of morpholine rings is 1. The summed E-state index contributed by atoms with van der Waals surface area (Å²) in [5.74, 6) is 0. The molecule has 0 saturated carbocycles. The standard InChI is InChI=1S/C14H17N3O2/c1-16-9-11(10-17-4-6-19-7-5-17)13-3-2-12(15-18)8-14(13)16/h2-3,8-9H,4-7,10H2,1H3. The van der Waals surface area contributed by atoms with E-state index >= 15 is 0 Å². The number of hydrogen-bond donors (Lipinski definition) is 0. The van der Waals surface area contributed by atoms with Gasteiger partial charge >= 0.3 is 0 Å². The second kappa shape index (κ2) is 5.11. The molecule has 5 nitrogen and oxygen atoms in total. The van der Waals surface area contributed by atoms with E-state index in [2.05, 4.69) is 20.8 Å². The van der Waals surface area contributed by atoms with Crippen LogP contribution in [0.3, 0.4) is 0 Å². The van der Waals surface area contributed by atoms with Crippen molar-refractivity contribution in [1.82, 2.24) is 9.47 Å². The second-order valence-electron chi connectivity index (χ2n) is 4.95. The number of hydrogen-bond acceptors (Lipinski definition) is 4. The van der Waals surface area contributed by atoms with Gasteiger partial charge in [-0.2, -0.15) is 0 Å². The summed E-state index contributed by atoms with van der Waals surface area (Å²) in [6.45, 7) is 4.50. The van der Waals surface area contributed by atoms with E-state index in [-0.39, 0.29) is 0 Å². The molecule has 0 amide bonds. The van der Waals surface area contributed by atoms with Crippen molar-refractivity contribution >= 4 is 16.6 Å². The number of aryl methyl sites for hydroxylation is 1. The lowest BCUT2D eigenvalue weighted by Gasteiger charge is -2.26. The van der Waals surface area contributed by atoms with Crippen LogP contribution in [0.25, 0.3) is 10.9 Å². The lowest BCUT2D eigenvalue weighted by Crippen LogP contribution is -2.35. The van der Waals surface area contributed by atoms with Crippen LogP contribution in [0.5, 0.6) is 0 Å². The third-order valence-electron chi connectivity index (χ3n) is 3.66. The van der Waals surface area contributed by atoms with Gasteiger partial charge in [0.05, 0.1) is 18.7 Å². The van der Waals surface area contributed by atoms with Gasteiger partial charge in [0.25, 0.3) is 0 Å². The number of rotatable bonds is 3. The van der Waals surface area contributed by atoms with E-state index in [0.717, 1.165) is 38.4 Å². The van der Waals surface area contributed by atoms with Crippen LogP contribution in [-0.4, -0.2) is 35.8 Å². The zero-order chi connectivity index (χ0) is 13.2. The van der Waals surface area contributed by atoms with Crippen molar-refractivity contribution in [3.63, 3.8) is 0 Å².